The zero-order valence-electron chi connectivity index (χ0n) is 12.9. The average molecular weight is 365 g/mol. The van der Waals surface area contributed by atoms with E-state index >= 15 is 0 Å². The van der Waals surface area contributed by atoms with E-state index in [1.54, 1.807) is 0 Å². The summed E-state index contributed by atoms with van der Waals surface area (Å²) in [5.41, 5.74) is 0. The lowest BCUT2D eigenvalue weighted by molar-refractivity contribution is -0.121. The van der Waals surface area contributed by atoms with Gasteiger partial charge in [0.25, 0.3) is 0 Å². The topological polar surface area (TPSA) is 128 Å². The normalized spacial score (nSPS) is 26.5. The maximum atomic E-state index is 11.6. The van der Waals surface area contributed by atoms with Gasteiger partial charge in [0, 0.05) is 24.0 Å². The third kappa shape index (κ3) is 6.33. The molecule has 0 aliphatic carbocycles. The molecule has 0 saturated carbocycles. The van der Waals surface area contributed by atoms with Crippen molar-refractivity contribution in [3.05, 3.63) is 0 Å². The molecule has 0 aromatic rings. The molecule has 3 amide bonds. The number of amides is 3. The van der Waals surface area contributed by atoms with Gasteiger partial charge in [-0.15, -0.1) is 0 Å². The first-order valence-electron chi connectivity index (χ1n) is 7.85. The molecule has 8 nitrogen and oxygen atoms in total. The van der Waals surface area contributed by atoms with Crippen LogP contribution in [0.3, 0.4) is 0 Å². The van der Waals surface area contributed by atoms with E-state index in [0.717, 1.165) is 25.0 Å². The Morgan fingerprint density at radius 2 is 2.09 bits per heavy atom. The monoisotopic (exact) mass is 365 g/mol. The van der Waals surface area contributed by atoms with Gasteiger partial charge >= 0.3 is 13.6 Å². The minimum Gasteiger partial charge on any atom is -0.356 e. The Labute approximate surface area is 139 Å². The summed E-state index contributed by atoms with van der Waals surface area (Å²) in [5.74, 6) is 0.859. The molecule has 3 atom stereocenters. The van der Waals surface area contributed by atoms with Crippen LogP contribution in [0.25, 0.3) is 0 Å². The van der Waals surface area contributed by atoms with E-state index < -0.39 is 7.60 Å². The Kier molecular flexibility index (Phi) is 6.76. The number of unbranched alkanes of at least 4 members (excludes halogenated alkanes) is 1. The number of hydrogen-bond acceptors (Lipinski definition) is 4. The summed E-state index contributed by atoms with van der Waals surface area (Å²) in [5, 5.41) is 8.93. The summed E-state index contributed by atoms with van der Waals surface area (Å²) >= 11 is 1.86. The van der Waals surface area contributed by atoms with Gasteiger partial charge in [0.1, 0.15) is 0 Å². The number of urea groups is 1. The molecule has 2 rings (SSSR count). The summed E-state index contributed by atoms with van der Waals surface area (Å²) in [4.78, 5) is 40.3. The van der Waals surface area contributed by atoms with Gasteiger partial charge in [0.05, 0.1) is 18.2 Å². The Hall–Kier alpha value is -0.760. The van der Waals surface area contributed by atoms with E-state index in [2.05, 4.69) is 16.0 Å². The molecule has 0 aromatic carbocycles. The van der Waals surface area contributed by atoms with E-state index in [4.69, 9.17) is 9.79 Å². The first-order chi connectivity index (χ1) is 10.8. The Balaban J connectivity index is 1.51. The van der Waals surface area contributed by atoms with Crippen molar-refractivity contribution in [1.82, 2.24) is 16.0 Å². The fourth-order valence-corrected chi connectivity index (χ4v) is 4.99. The highest BCUT2D eigenvalue weighted by molar-refractivity contribution is 8.00. The highest BCUT2D eigenvalue weighted by atomic mass is 32.2. The van der Waals surface area contributed by atoms with Crippen LogP contribution in [-0.2, 0) is 9.36 Å². The lowest BCUT2D eigenvalue weighted by Gasteiger charge is -2.16. The number of thioether (sulfide) groups is 1. The SMILES string of the molecule is O=C(CCCC[C@@H]1SC[C@@H]2NC(=O)N[C@@H]21)NCCCP(=O)(O)O. The van der Waals surface area contributed by atoms with Crippen molar-refractivity contribution >= 4 is 31.3 Å². The number of carbonyl (C=O) groups excluding carboxylic acids is 2. The quantitative estimate of drug-likeness (QED) is 0.229. The summed E-state index contributed by atoms with van der Waals surface area (Å²) in [7, 11) is -3.97. The van der Waals surface area contributed by atoms with Crippen molar-refractivity contribution in [3.8, 4) is 0 Å². The van der Waals surface area contributed by atoms with E-state index in [-0.39, 0.29) is 36.6 Å². The summed E-state index contributed by atoms with van der Waals surface area (Å²) in [6.07, 6.45) is 3.18. The van der Waals surface area contributed by atoms with Crippen molar-refractivity contribution in [3.63, 3.8) is 0 Å². The molecule has 2 fully saturated rings. The van der Waals surface area contributed by atoms with E-state index in [9.17, 15) is 14.2 Å². The summed E-state index contributed by atoms with van der Waals surface area (Å²) in [6, 6.07) is 0.351. The van der Waals surface area contributed by atoms with Crippen molar-refractivity contribution in [2.24, 2.45) is 0 Å². The van der Waals surface area contributed by atoms with Gasteiger partial charge in [-0.2, -0.15) is 11.8 Å². The molecule has 10 heteroatoms. The van der Waals surface area contributed by atoms with Crippen LogP contribution in [-0.4, -0.2) is 57.5 Å². The Morgan fingerprint density at radius 1 is 1.30 bits per heavy atom. The standard InChI is InChI=1S/C13H24N3O5PS/c17-11(14-6-3-7-22(19,20)21)5-2-1-4-10-12-9(8-23-10)15-13(18)16-12/h9-10,12H,1-8H2,(H,14,17)(H2,15,16,18)(H2,19,20,21)/t9-,10-,12-/m0/s1. The summed E-state index contributed by atoms with van der Waals surface area (Å²) in [6.45, 7) is 0.296. The van der Waals surface area contributed by atoms with Gasteiger partial charge in [-0.25, -0.2) is 4.79 Å². The molecule has 2 aliphatic rings. The molecule has 2 saturated heterocycles. The molecule has 0 radical (unpaired) electrons. The van der Waals surface area contributed by atoms with Gasteiger partial charge in [-0.05, 0) is 19.3 Å². The fraction of sp³-hybridized carbons (Fsp3) is 0.846. The van der Waals surface area contributed by atoms with Crippen LogP contribution >= 0.6 is 19.4 Å². The zero-order chi connectivity index (χ0) is 16.9. The van der Waals surface area contributed by atoms with E-state index in [1.165, 1.54) is 0 Å². The molecular weight excluding hydrogens is 341 g/mol. The number of hydrogen-bond donors (Lipinski definition) is 5. The molecule has 0 spiro atoms. The van der Waals surface area contributed by atoms with Gasteiger partial charge < -0.3 is 25.7 Å². The smallest absolute Gasteiger partial charge is 0.325 e. The third-order valence-corrected chi connectivity index (χ3v) is 6.44. The lowest BCUT2D eigenvalue weighted by Crippen LogP contribution is -2.36. The number of rotatable bonds is 9. The molecular formula is C13H24N3O5PS. The molecule has 0 aromatic heterocycles. The third-order valence-electron chi connectivity index (χ3n) is 4.03. The van der Waals surface area contributed by atoms with Gasteiger partial charge in [0.15, 0.2) is 0 Å². The molecule has 0 bridgehead atoms. The molecule has 132 valence electrons. The van der Waals surface area contributed by atoms with Crippen LogP contribution < -0.4 is 16.0 Å². The first-order valence-corrected chi connectivity index (χ1v) is 10.7. The van der Waals surface area contributed by atoms with Crippen LogP contribution in [0.15, 0.2) is 0 Å². The second-order valence-electron chi connectivity index (χ2n) is 5.96. The van der Waals surface area contributed by atoms with Crippen molar-refractivity contribution in [1.29, 1.82) is 0 Å². The van der Waals surface area contributed by atoms with Crippen molar-refractivity contribution in [2.75, 3.05) is 18.5 Å². The van der Waals surface area contributed by atoms with Crippen LogP contribution in [0.1, 0.15) is 32.1 Å². The molecule has 2 heterocycles. The van der Waals surface area contributed by atoms with E-state index in [1.807, 2.05) is 11.8 Å². The minimum atomic E-state index is -3.97. The summed E-state index contributed by atoms with van der Waals surface area (Å²) < 4.78 is 10.7. The fourth-order valence-electron chi connectivity index (χ4n) is 2.88. The zero-order valence-corrected chi connectivity index (χ0v) is 14.6. The maximum Gasteiger partial charge on any atom is 0.325 e. The molecule has 5 N–H and O–H groups in total. The van der Waals surface area contributed by atoms with Crippen LogP contribution in [0.2, 0.25) is 0 Å². The van der Waals surface area contributed by atoms with E-state index in [0.29, 0.717) is 18.2 Å². The largest absolute Gasteiger partial charge is 0.356 e. The second-order valence-corrected chi connectivity index (χ2v) is 9.01. The average Bonchev–Trinajstić information content (AvgIpc) is 2.98. The number of fused-ring (bicyclic) bond motifs is 1. The number of nitrogens with one attached hydrogen (secondary N) is 3. The Bertz CT molecular complexity index is 486. The molecule has 2 aliphatic heterocycles. The van der Waals surface area contributed by atoms with Crippen LogP contribution in [0.5, 0.6) is 0 Å². The number of carbonyl (C=O) groups is 2. The van der Waals surface area contributed by atoms with Crippen molar-refractivity contribution in [2.45, 2.75) is 49.4 Å². The van der Waals surface area contributed by atoms with Gasteiger partial charge in [0.2, 0.25) is 5.91 Å². The molecule has 23 heavy (non-hydrogen) atoms. The minimum absolute atomic E-state index is 0.0801. The second kappa shape index (κ2) is 8.37. The predicted molar refractivity (Wildman–Crippen MR) is 88.5 cm³/mol. The Morgan fingerprint density at radius 3 is 2.83 bits per heavy atom. The molecule has 0 unspecified atom stereocenters. The van der Waals surface area contributed by atoms with Crippen LogP contribution in [0.4, 0.5) is 4.79 Å². The van der Waals surface area contributed by atoms with Gasteiger partial charge in [-0.3, -0.25) is 9.36 Å². The lowest BCUT2D eigenvalue weighted by atomic mass is 10.0. The highest BCUT2D eigenvalue weighted by Crippen LogP contribution is 2.34. The predicted octanol–water partition coefficient (Wildman–Crippen LogP) is 0.396. The van der Waals surface area contributed by atoms with Crippen molar-refractivity contribution < 1.29 is 23.9 Å². The van der Waals surface area contributed by atoms with Crippen LogP contribution in [0, 0.1) is 0 Å². The first kappa shape index (κ1) is 18.6. The van der Waals surface area contributed by atoms with Gasteiger partial charge in [-0.1, -0.05) is 6.42 Å². The maximum absolute atomic E-state index is 11.6. The highest BCUT2D eigenvalue weighted by Gasteiger charge is 2.42.